The Balaban J connectivity index is 2.47. The van der Waals surface area contributed by atoms with E-state index in [2.05, 4.69) is 22.0 Å². The van der Waals surface area contributed by atoms with Crippen LogP contribution < -0.4 is 15.2 Å². The molecule has 0 bridgehead atoms. The molecule has 0 amide bonds. The summed E-state index contributed by atoms with van der Waals surface area (Å²) in [4.78, 5) is 0. The minimum Gasteiger partial charge on any atom is -0.493 e. The molecule has 1 aromatic carbocycles. The molecule has 4 heteroatoms. The zero-order chi connectivity index (χ0) is 14.8. The zero-order valence-electron chi connectivity index (χ0n) is 12.5. The molecule has 1 fully saturated rings. The average molecular weight is 342 g/mol. The average Bonchev–Trinajstić information content (AvgIpc) is 2.89. The van der Waals surface area contributed by atoms with Gasteiger partial charge in [-0.3, -0.25) is 0 Å². The van der Waals surface area contributed by atoms with Gasteiger partial charge in [-0.15, -0.1) is 0 Å². The monoisotopic (exact) mass is 341 g/mol. The van der Waals surface area contributed by atoms with Gasteiger partial charge < -0.3 is 15.2 Å². The molecule has 1 aliphatic carbocycles. The highest BCUT2D eigenvalue weighted by Crippen LogP contribution is 2.46. The maximum absolute atomic E-state index is 6.10. The van der Waals surface area contributed by atoms with Crippen molar-refractivity contribution in [3.63, 3.8) is 0 Å². The Hall–Kier alpha value is -0.740. The van der Waals surface area contributed by atoms with Crippen LogP contribution in [0.4, 0.5) is 0 Å². The van der Waals surface area contributed by atoms with Crippen molar-refractivity contribution in [1.29, 1.82) is 0 Å². The number of hydrogen-bond donors (Lipinski definition) is 1. The third kappa shape index (κ3) is 2.96. The molecule has 3 nitrogen and oxygen atoms in total. The lowest BCUT2D eigenvalue weighted by atomic mass is 9.79. The molecule has 0 aliphatic heterocycles. The Morgan fingerprint density at radius 3 is 2.40 bits per heavy atom. The predicted octanol–water partition coefficient (Wildman–Crippen LogP) is 4.02. The minimum atomic E-state index is 0.0835. The number of ether oxygens (including phenoxy) is 2. The van der Waals surface area contributed by atoms with Gasteiger partial charge in [0.15, 0.2) is 11.5 Å². The largest absolute Gasteiger partial charge is 0.493 e. The SMILES string of the molecule is COc1cc(Br)c(C2(CN)CCCC2)cc1OC(C)C. The summed E-state index contributed by atoms with van der Waals surface area (Å²) in [5.74, 6) is 1.57. The number of hydrogen-bond acceptors (Lipinski definition) is 3. The highest BCUT2D eigenvalue weighted by atomic mass is 79.9. The van der Waals surface area contributed by atoms with Crippen molar-refractivity contribution < 1.29 is 9.47 Å². The van der Waals surface area contributed by atoms with Gasteiger partial charge >= 0.3 is 0 Å². The molecule has 0 heterocycles. The minimum absolute atomic E-state index is 0.0835. The summed E-state index contributed by atoms with van der Waals surface area (Å²) >= 11 is 3.68. The Bertz CT molecular complexity index is 468. The van der Waals surface area contributed by atoms with Gasteiger partial charge in [0.1, 0.15) is 0 Å². The lowest BCUT2D eigenvalue weighted by Crippen LogP contribution is -2.32. The van der Waals surface area contributed by atoms with Crippen molar-refractivity contribution in [2.24, 2.45) is 5.73 Å². The van der Waals surface area contributed by atoms with Crippen LogP contribution in [0, 0.1) is 0 Å². The van der Waals surface area contributed by atoms with Crippen LogP contribution in [-0.4, -0.2) is 19.8 Å². The van der Waals surface area contributed by atoms with Crippen LogP contribution in [-0.2, 0) is 5.41 Å². The maximum Gasteiger partial charge on any atom is 0.161 e. The summed E-state index contributed by atoms with van der Waals surface area (Å²) < 4.78 is 12.4. The van der Waals surface area contributed by atoms with Crippen LogP contribution in [0.25, 0.3) is 0 Å². The fourth-order valence-electron chi connectivity index (χ4n) is 3.08. The van der Waals surface area contributed by atoms with Gasteiger partial charge in [0.25, 0.3) is 0 Å². The second-order valence-electron chi connectivity index (χ2n) is 5.84. The first-order chi connectivity index (χ1) is 9.52. The smallest absolute Gasteiger partial charge is 0.161 e. The summed E-state index contributed by atoms with van der Waals surface area (Å²) in [6, 6.07) is 4.11. The van der Waals surface area contributed by atoms with Gasteiger partial charge in [0.05, 0.1) is 13.2 Å². The third-order valence-electron chi connectivity index (χ3n) is 4.14. The van der Waals surface area contributed by atoms with Crippen LogP contribution >= 0.6 is 15.9 Å². The summed E-state index contributed by atoms with van der Waals surface area (Å²) in [6.07, 6.45) is 4.91. The fraction of sp³-hybridized carbons (Fsp3) is 0.625. The normalized spacial score (nSPS) is 17.5. The van der Waals surface area contributed by atoms with E-state index in [9.17, 15) is 0 Å². The lowest BCUT2D eigenvalue weighted by molar-refractivity contribution is 0.229. The van der Waals surface area contributed by atoms with E-state index in [0.29, 0.717) is 6.54 Å². The molecule has 112 valence electrons. The van der Waals surface area contributed by atoms with E-state index < -0.39 is 0 Å². The molecule has 2 N–H and O–H groups in total. The van der Waals surface area contributed by atoms with E-state index >= 15 is 0 Å². The standard InChI is InChI=1S/C16H24BrNO2/c1-11(2)20-15-8-12(13(17)9-14(15)19-3)16(10-18)6-4-5-7-16/h8-9,11H,4-7,10,18H2,1-3H3. The molecule has 2 rings (SSSR count). The highest BCUT2D eigenvalue weighted by Gasteiger charge is 2.36. The van der Waals surface area contributed by atoms with Crippen LogP contribution in [0.3, 0.4) is 0 Å². The first-order valence-corrected chi connectivity index (χ1v) is 8.06. The summed E-state index contributed by atoms with van der Waals surface area (Å²) in [5.41, 5.74) is 7.44. The van der Waals surface area contributed by atoms with Gasteiger partial charge in [0.2, 0.25) is 0 Å². The van der Waals surface area contributed by atoms with Gasteiger partial charge in [-0.2, -0.15) is 0 Å². The molecule has 20 heavy (non-hydrogen) atoms. The predicted molar refractivity (Wildman–Crippen MR) is 85.7 cm³/mol. The van der Waals surface area contributed by atoms with Gasteiger partial charge in [0, 0.05) is 16.4 Å². The lowest BCUT2D eigenvalue weighted by Gasteiger charge is -2.30. The topological polar surface area (TPSA) is 44.5 Å². The van der Waals surface area contributed by atoms with Gasteiger partial charge in [-0.25, -0.2) is 0 Å². The maximum atomic E-state index is 6.10. The molecule has 1 aromatic rings. The molecule has 0 atom stereocenters. The van der Waals surface area contributed by atoms with Crippen molar-refractivity contribution in [3.8, 4) is 11.5 Å². The van der Waals surface area contributed by atoms with Crippen LogP contribution in [0.5, 0.6) is 11.5 Å². The number of methoxy groups -OCH3 is 1. The van der Waals surface area contributed by atoms with Crippen molar-refractivity contribution in [3.05, 3.63) is 22.2 Å². The number of nitrogens with two attached hydrogens (primary N) is 1. The van der Waals surface area contributed by atoms with E-state index in [1.165, 1.54) is 18.4 Å². The zero-order valence-corrected chi connectivity index (χ0v) is 14.1. The van der Waals surface area contributed by atoms with E-state index in [1.54, 1.807) is 7.11 Å². The first kappa shape index (κ1) is 15.6. The highest BCUT2D eigenvalue weighted by molar-refractivity contribution is 9.10. The molecule has 0 spiro atoms. The Kier molecular flexibility index (Phi) is 4.97. The summed E-state index contributed by atoms with van der Waals surface area (Å²) in [6.45, 7) is 4.73. The summed E-state index contributed by atoms with van der Waals surface area (Å²) in [7, 11) is 1.67. The van der Waals surface area contributed by atoms with Crippen molar-refractivity contribution in [2.45, 2.75) is 51.0 Å². The van der Waals surface area contributed by atoms with Crippen molar-refractivity contribution >= 4 is 15.9 Å². The molecule has 0 radical (unpaired) electrons. The van der Waals surface area contributed by atoms with Crippen molar-refractivity contribution in [1.82, 2.24) is 0 Å². The van der Waals surface area contributed by atoms with Gasteiger partial charge in [-0.05, 0) is 44.4 Å². The number of halogens is 1. The third-order valence-corrected chi connectivity index (χ3v) is 4.79. The second kappa shape index (κ2) is 6.35. The van der Waals surface area contributed by atoms with Crippen LogP contribution in [0.1, 0.15) is 45.1 Å². The molecule has 1 aliphatic rings. The van der Waals surface area contributed by atoms with Crippen LogP contribution in [0.2, 0.25) is 0 Å². The molecule has 0 saturated heterocycles. The first-order valence-electron chi connectivity index (χ1n) is 7.27. The van der Waals surface area contributed by atoms with E-state index in [-0.39, 0.29) is 11.5 Å². The summed E-state index contributed by atoms with van der Waals surface area (Å²) in [5, 5.41) is 0. The number of benzene rings is 1. The van der Waals surface area contributed by atoms with Crippen molar-refractivity contribution in [2.75, 3.05) is 13.7 Å². The number of rotatable bonds is 5. The molecular weight excluding hydrogens is 318 g/mol. The Labute approximate surface area is 130 Å². The molecule has 1 saturated carbocycles. The Morgan fingerprint density at radius 2 is 1.90 bits per heavy atom. The van der Waals surface area contributed by atoms with Crippen LogP contribution in [0.15, 0.2) is 16.6 Å². The van der Waals surface area contributed by atoms with E-state index in [4.69, 9.17) is 15.2 Å². The molecule has 0 aromatic heterocycles. The molecular formula is C16H24BrNO2. The Morgan fingerprint density at radius 1 is 1.25 bits per heavy atom. The van der Waals surface area contributed by atoms with Gasteiger partial charge in [-0.1, -0.05) is 28.8 Å². The fourth-order valence-corrected chi connectivity index (χ4v) is 3.83. The molecule has 0 unspecified atom stereocenters. The van der Waals surface area contributed by atoms with E-state index in [0.717, 1.165) is 28.8 Å². The quantitative estimate of drug-likeness (QED) is 0.879. The van der Waals surface area contributed by atoms with E-state index in [1.807, 2.05) is 19.9 Å². The second-order valence-corrected chi connectivity index (χ2v) is 6.70.